The van der Waals surface area contributed by atoms with Gasteiger partial charge < -0.3 is 9.47 Å². The lowest BCUT2D eigenvalue weighted by Crippen LogP contribution is -2.02. The third kappa shape index (κ3) is 6.65. The largest absolute Gasteiger partial charge is 0.491 e. The summed E-state index contributed by atoms with van der Waals surface area (Å²) < 4.78 is 66.0. The molecule has 0 heterocycles. The zero-order valence-electron chi connectivity index (χ0n) is 17.0. The van der Waals surface area contributed by atoms with E-state index in [1.165, 1.54) is 30.4 Å². The molecule has 1 rings (SSSR count). The summed E-state index contributed by atoms with van der Waals surface area (Å²) in [5.74, 6) is -5.36. The van der Waals surface area contributed by atoms with Gasteiger partial charge in [0.2, 0.25) is 11.6 Å². The SMILES string of the molecule is C=C(/C=C\C(=C)C(=C)/C(F)=C(/F)C(=C)OCC)COc1ccc(/C=C/C)c(F)c1F. The van der Waals surface area contributed by atoms with Crippen LogP contribution in [-0.4, -0.2) is 13.2 Å². The molecule has 0 aliphatic carbocycles. The van der Waals surface area contributed by atoms with E-state index in [4.69, 9.17) is 9.47 Å². The second kappa shape index (κ2) is 11.7. The van der Waals surface area contributed by atoms with E-state index in [2.05, 4.69) is 26.3 Å². The molecule has 0 atom stereocenters. The number of benzene rings is 1. The van der Waals surface area contributed by atoms with Crippen LogP contribution in [-0.2, 0) is 4.74 Å². The van der Waals surface area contributed by atoms with Gasteiger partial charge in [-0.25, -0.2) is 8.78 Å². The number of ether oxygens (including phenoxy) is 2. The zero-order valence-corrected chi connectivity index (χ0v) is 17.0. The molecule has 2 nitrogen and oxygen atoms in total. The molecule has 0 amide bonds. The zero-order chi connectivity index (χ0) is 22.8. The van der Waals surface area contributed by atoms with Gasteiger partial charge in [-0.05, 0) is 37.1 Å². The molecule has 0 spiro atoms. The Morgan fingerprint density at radius 1 is 1.00 bits per heavy atom. The predicted molar refractivity (Wildman–Crippen MR) is 113 cm³/mol. The van der Waals surface area contributed by atoms with Crippen molar-refractivity contribution in [3.63, 3.8) is 0 Å². The minimum Gasteiger partial charge on any atom is -0.491 e. The first-order chi connectivity index (χ1) is 14.1. The number of hydrogen-bond donors (Lipinski definition) is 0. The van der Waals surface area contributed by atoms with Crippen LogP contribution in [0.25, 0.3) is 6.08 Å². The average Bonchev–Trinajstić information content (AvgIpc) is 2.73. The van der Waals surface area contributed by atoms with Gasteiger partial charge in [-0.2, -0.15) is 8.78 Å². The van der Waals surface area contributed by atoms with Gasteiger partial charge in [-0.3, -0.25) is 0 Å². The van der Waals surface area contributed by atoms with E-state index in [0.29, 0.717) is 5.57 Å². The Hall–Kier alpha value is -3.28. The summed E-state index contributed by atoms with van der Waals surface area (Å²) in [4.78, 5) is 0. The fourth-order valence-electron chi connectivity index (χ4n) is 2.14. The van der Waals surface area contributed by atoms with E-state index < -0.39 is 29.0 Å². The van der Waals surface area contributed by atoms with Crippen molar-refractivity contribution in [3.05, 3.63) is 108 Å². The van der Waals surface area contributed by atoms with Crippen LogP contribution in [0.4, 0.5) is 17.6 Å². The minimum absolute atomic E-state index is 0.0704. The van der Waals surface area contributed by atoms with Crippen LogP contribution in [0.3, 0.4) is 0 Å². The van der Waals surface area contributed by atoms with Crippen molar-refractivity contribution in [1.82, 2.24) is 0 Å². The molecule has 0 saturated carbocycles. The maximum Gasteiger partial charge on any atom is 0.201 e. The number of allylic oxidation sites excluding steroid dienone is 6. The Kier molecular flexibility index (Phi) is 9.62. The topological polar surface area (TPSA) is 18.5 Å². The monoisotopic (exact) mass is 420 g/mol. The second-order valence-electron chi connectivity index (χ2n) is 6.05. The van der Waals surface area contributed by atoms with E-state index in [1.807, 2.05) is 0 Å². The number of halogens is 4. The summed E-state index contributed by atoms with van der Waals surface area (Å²) in [7, 11) is 0. The molecule has 0 N–H and O–H groups in total. The quantitative estimate of drug-likeness (QED) is 0.212. The first-order valence-electron chi connectivity index (χ1n) is 8.99. The third-order valence-electron chi connectivity index (χ3n) is 3.76. The first kappa shape index (κ1) is 24.8. The molecule has 0 saturated heterocycles. The van der Waals surface area contributed by atoms with E-state index in [9.17, 15) is 17.6 Å². The smallest absolute Gasteiger partial charge is 0.201 e. The highest BCUT2D eigenvalue weighted by atomic mass is 19.2. The average molecular weight is 420 g/mol. The lowest BCUT2D eigenvalue weighted by molar-refractivity contribution is 0.224. The Balaban J connectivity index is 2.76. The van der Waals surface area contributed by atoms with Gasteiger partial charge in [0.15, 0.2) is 23.2 Å². The molecule has 0 aromatic heterocycles. The van der Waals surface area contributed by atoms with Crippen LogP contribution in [0.15, 0.2) is 90.8 Å². The van der Waals surface area contributed by atoms with Crippen molar-refractivity contribution in [2.45, 2.75) is 13.8 Å². The van der Waals surface area contributed by atoms with Gasteiger partial charge >= 0.3 is 0 Å². The van der Waals surface area contributed by atoms with Crippen LogP contribution >= 0.6 is 0 Å². The molecule has 30 heavy (non-hydrogen) atoms. The molecule has 0 radical (unpaired) electrons. The highest BCUT2D eigenvalue weighted by Crippen LogP contribution is 2.27. The number of hydrogen-bond acceptors (Lipinski definition) is 2. The van der Waals surface area contributed by atoms with Gasteiger partial charge in [-0.1, -0.05) is 50.6 Å². The summed E-state index contributed by atoms with van der Waals surface area (Å²) in [6, 6.07) is 2.69. The normalized spacial score (nSPS) is 12.1. The highest BCUT2D eigenvalue weighted by molar-refractivity contribution is 5.52. The van der Waals surface area contributed by atoms with Crippen molar-refractivity contribution in [2.75, 3.05) is 13.2 Å². The predicted octanol–water partition coefficient (Wildman–Crippen LogP) is 7.30. The Bertz CT molecular complexity index is 937. The Labute approximate surface area is 174 Å². The molecule has 0 aliphatic rings. The molecule has 0 unspecified atom stereocenters. The standard InChI is InChI=1S/C24H24F4O2/c1-7-9-19-12-13-20(24(28)23(19)27)30-14-15(3)10-11-16(4)17(5)21(25)22(26)18(6)29-8-2/h7,9-13H,3-6,8,14H2,1-2H3/b9-7+,11-10-,22-21-. The van der Waals surface area contributed by atoms with E-state index in [-0.39, 0.29) is 35.7 Å². The van der Waals surface area contributed by atoms with Crippen LogP contribution in [0.1, 0.15) is 19.4 Å². The van der Waals surface area contributed by atoms with Gasteiger partial charge in [0.1, 0.15) is 6.61 Å². The van der Waals surface area contributed by atoms with Crippen LogP contribution in [0.5, 0.6) is 5.75 Å². The van der Waals surface area contributed by atoms with Gasteiger partial charge in [0.25, 0.3) is 0 Å². The Morgan fingerprint density at radius 3 is 2.27 bits per heavy atom. The van der Waals surface area contributed by atoms with Gasteiger partial charge in [0, 0.05) is 11.1 Å². The lowest BCUT2D eigenvalue weighted by Gasteiger charge is -2.10. The molecule has 1 aromatic rings. The van der Waals surface area contributed by atoms with Crippen LogP contribution in [0, 0.1) is 11.6 Å². The molecular formula is C24H24F4O2. The summed E-state index contributed by atoms with van der Waals surface area (Å²) in [5.41, 5.74) is 0.224. The first-order valence-corrected chi connectivity index (χ1v) is 8.99. The van der Waals surface area contributed by atoms with Crippen molar-refractivity contribution in [1.29, 1.82) is 0 Å². The number of rotatable bonds is 11. The summed E-state index contributed by atoms with van der Waals surface area (Å²) >= 11 is 0. The molecule has 160 valence electrons. The van der Waals surface area contributed by atoms with Crippen molar-refractivity contribution in [2.24, 2.45) is 0 Å². The van der Waals surface area contributed by atoms with Crippen LogP contribution in [0.2, 0.25) is 0 Å². The van der Waals surface area contributed by atoms with Crippen LogP contribution < -0.4 is 4.74 Å². The molecule has 0 aliphatic heterocycles. The maximum atomic E-state index is 14.1. The summed E-state index contributed by atoms with van der Waals surface area (Å²) in [6.45, 7) is 17.3. The summed E-state index contributed by atoms with van der Waals surface area (Å²) in [5, 5.41) is 0. The van der Waals surface area contributed by atoms with E-state index in [1.54, 1.807) is 19.9 Å². The van der Waals surface area contributed by atoms with E-state index in [0.717, 1.165) is 0 Å². The molecule has 0 fully saturated rings. The van der Waals surface area contributed by atoms with Crippen molar-refractivity contribution >= 4 is 6.08 Å². The Morgan fingerprint density at radius 2 is 1.67 bits per heavy atom. The van der Waals surface area contributed by atoms with Crippen molar-refractivity contribution < 1.29 is 27.0 Å². The maximum absolute atomic E-state index is 14.1. The fraction of sp³-hybridized carbons (Fsp3) is 0.167. The molecule has 1 aromatic carbocycles. The van der Waals surface area contributed by atoms with Crippen molar-refractivity contribution in [3.8, 4) is 5.75 Å². The lowest BCUT2D eigenvalue weighted by atomic mass is 10.1. The summed E-state index contributed by atoms with van der Waals surface area (Å²) in [6.07, 6.45) is 5.78. The van der Waals surface area contributed by atoms with Gasteiger partial charge in [-0.15, -0.1) is 0 Å². The fourth-order valence-corrected chi connectivity index (χ4v) is 2.14. The minimum atomic E-state index is -1.27. The molecular weight excluding hydrogens is 396 g/mol. The molecule has 0 bridgehead atoms. The van der Waals surface area contributed by atoms with E-state index >= 15 is 0 Å². The van der Waals surface area contributed by atoms with Gasteiger partial charge in [0.05, 0.1) is 6.61 Å². The second-order valence-corrected chi connectivity index (χ2v) is 6.05. The third-order valence-corrected chi connectivity index (χ3v) is 3.76. The highest BCUT2D eigenvalue weighted by Gasteiger charge is 2.16. The molecule has 6 heteroatoms.